The third-order valence-corrected chi connectivity index (χ3v) is 4.54. The molecule has 0 radical (unpaired) electrons. The molecule has 3 heterocycles. The maximum Gasteiger partial charge on any atom is 0.339 e. The number of piperazine rings is 1. The van der Waals surface area contributed by atoms with Crippen LogP contribution in [-0.2, 0) is 4.74 Å². The fourth-order valence-corrected chi connectivity index (χ4v) is 3.07. The third-order valence-electron chi connectivity index (χ3n) is 4.54. The molecule has 0 bridgehead atoms. The molecule has 10 heteroatoms. The first-order valence-corrected chi connectivity index (χ1v) is 9.15. The van der Waals surface area contributed by atoms with E-state index in [2.05, 4.69) is 40.3 Å². The Bertz CT molecular complexity index is 977. The summed E-state index contributed by atoms with van der Waals surface area (Å²) >= 11 is 0. The Morgan fingerprint density at radius 3 is 2.41 bits per heavy atom. The van der Waals surface area contributed by atoms with Crippen molar-refractivity contribution in [2.75, 3.05) is 48.4 Å². The summed E-state index contributed by atoms with van der Waals surface area (Å²) in [6.45, 7) is 2.97. The van der Waals surface area contributed by atoms with E-state index in [0.29, 0.717) is 23.0 Å². The number of hydrogen-bond donors (Lipinski definition) is 1. The van der Waals surface area contributed by atoms with Gasteiger partial charge in [0.05, 0.1) is 24.6 Å². The number of carbonyl (C=O) groups excluding carboxylic acids is 1. The van der Waals surface area contributed by atoms with Gasteiger partial charge in [0.15, 0.2) is 5.82 Å². The molecule has 1 aromatic carbocycles. The molecule has 2 aromatic heterocycles. The highest BCUT2D eigenvalue weighted by Gasteiger charge is 2.21. The van der Waals surface area contributed by atoms with Crippen LogP contribution in [0.2, 0.25) is 0 Å². The summed E-state index contributed by atoms with van der Waals surface area (Å²) in [4.78, 5) is 29.3. The molecule has 148 valence electrons. The second-order valence-electron chi connectivity index (χ2n) is 6.33. The van der Waals surface area contributed by atoms with Gasteiger partial charge in [0.2, 0.25) is 11.9 Å². The van der Waals surface area contributed by atoms with Crippen molar-refractivity contribution in [2.45, 2.75) is 0 Å². The molecule has 1 N–H and O–H groups in total. The van der Waals surface area contributed by atoms with Crippen LogP contribution in [0.3, 0.4) is 0 Å². The topological polar surface area (TPSA) is 109 Å². The summed E-state index contributed by atoms with van der Waals surface area (Å²) in [7, 11) is 1.35. The van der Waals surface area contributed by atoms with Crippen LogP contribution in [0, 0.1) is 0 Å². The fourth-order valence-electron chi connectivity index (χ4n) is 3.07. The number of esters is 1. The summed E-state index contributed by atoms with van der Waals surface area (Å²) in [6, 6.07) is 8.88. The van der Waals surface area contributed by atoms with E-state index in [0.717, 1.165) is 32.1 Å². The highest BCUT2D eigenvalue weighted by atomic mass is 16.5. The maximum atomic E-state index is 12.0. The van der Waals surface area contributed by atoms with Gasteiger partial charge >= 0.3 is 5.97 Å². The first kappa shape index (κ1) is 18.5. The third kappa shape index (κ3) is 4.21. The van der Waals surface area contributed by atoms with Crippen molar-refractivity contribution < 1.29 is 9.53 Å². The zero-order chi connectivity index (χ0) is 20.1. The first-order valence-electron chi connectivity index (χ1n) is 9.15. The van der Waals surface area contributed by atoms with Gasteiger partial charge in [-0.15, -0.1) is 5.10 Å². The number of para-hydroxylation sites is 1. The number of methoxy groups -OCH3 is 1. The molecular weight excluding hydrogens is 372 g/mol. The van der Waals surface area contributed by atoms with Crippen molar-refractivity contribution in [1.29, 1.82) is 0 Å². The SMILES string of the molecule is COC(=O)c1ccccc1Nc1cnnc(N2CCN(c3ncccn3)CC2)n1. The van der Waals surface area contributed by atoms with Gasteiger partial charge in [-0.05, 0) is 18.2 Å². The van der Waals surface area contributed by atoms with Crippen molar-refractivity contribution in [1.82, 2.24) is 25.1 Å². The smallest absolute Gasteiger partial charge is 0.339 e. The highest BCUT2D eigenvalue weighted by molar-refractivity contribution is 5.96. The molecule has 0 aliphatic carbocycles. The Balaban J connectivity index is 1.46. The molecule has 0 spiro atoms. The van der Waals surface area contributed by atoms with Crippen LogP contribution < -0.4 is 15.1 Å². The van der Waals surface area contributed by atoms with Crippen molar-refractivity contribution in [3.05, 3.63) is 54.5 Å². The number of rotatable bonds is 5. The molecule has 0 unspecified atom stereocenters. The van der Waals surface area contributed by atoms with Crippen LogP contribution in [-0.4, -0.2) is 64.4 Å². The molecule has 0 saturated carbocycles. The molecule has 29 heavy (non-hydrogen) atoms. The summed E-state index contributed by atoms with van der Waals surface area (Å²) in [5, 5.41) is 11.3. The van der Waals surface area contributed by atoms with Crippen molar-refractivity contribution in [2.24, 2.45) is 0 Å². The van der Waals surface area contributed by atoms with E-state index in [4.69, 9.17) is 4.74 Å². The Morgan fingerprint density at radius 1 is 1.00 bits per heavy atom. The standard InChI is InChI=1S/C19H20N8O2/c1-29-17(28)14-5-2-3-6-15(14)23-16-13-22-25-19(24-16)27-11-9-26(10-12-27)18-20-7-4-8-21-18/h2-8,13H,9-12H2,1H3,(H,23,24,25). The number of hydrogen-bond acceptors (Lipinski definition) is 10. The lowest BCUT2D eigenvalue weighted by Crippen LogP contribution is -2.47. The number of anilines is 4. The molecule has 10 nitrogen and oxygen atoms in total. The quantitative estimate of drug-likeness (QED) is 0.642. The molecule has 1 aliphatic heterocycles. The maximum absolute atomic E-state index is 12.0. The number of benzene rings is 1. The van der Waals surface area contributed by atoms with Gasteiger partial charge in [-0.3, -0.25) is 0 Å². The highest BCUT2D eigenvalue weighted by Crippen LogP contribution is 2.21. The Labute approximate surface area is 167 Å². The van der Waals surface area contributed by atoms with E-state index in [-0.39, 0.29) is 0 Å². The number of nitrogens with one attached hydrogen (secondary N) is 1. The second-order valence-corrected chi connectivity index (χ2v) is 6.33. The van der Waals surface area contributed by atoms with Crippen LogP contribution in [0.5, 0.6) is 0 Å². The van der Waals surface area contributed by atoms with Crippen LogP contribution in [0.15, 0.2) is 48.9 Å². The minimum absolute atomic E-state index is 0.422. The fraction of sp³-hybridized carbons (Fsp3) is 0.263. The molecule has 3 aromatic rings. The van der Waals surface area contributed by atoms with E-state index < -0.39 is 5.97 Å². The van der Waals surface area contributed by atoms with Crippen LogP contribution in [0.4, 0.5) is 23.4 Å². The predicted octanol–water partition coefficient (Wildman–Crippen LogP) is 1.52. The predicted molar refractivity (Wildman–Crippen MR) is 107 cm³/mol. The van der Waals surface area contributed by atoms with Gasteiger partial charge in [-0.25, -0.2) is 14.8 Å². The zero-order valence-corrected chi connectivity index (χ0v) is 15.9. The van der Waals surface area contributed by atoms with Gasteiger partial charge in [0.25, 0.3) is 0 Å². The first-order chi connectivity index (χ1) is 14.2. The summed E-state index contributed by atoms with van der Waals surface area (Å²) in [6.07, 6.45) is 5.00. The van der Waals surface area contributed by atoms with Gasteiger partial charge in [-0.2, -0.15) is 10.1 Å². The van der Waals surface area contributed by atoms with Crippen LogP contribution >= 0.6 is 0 Å². The van der Waals surface area contributed by atoms with Gasteiger partial charge in [0.1, 0.15) is 0 Å². The van der Waals surface area contributed by atoms with Crippen molar-refractivity contribution in [3.63, 3.8) is 0 Å². The van der Waals surface area contributed by atoms with Crippen LogP contribution in [0.1, 0.15) is 10.4 Å². The van der Waals surface area contributed by atoms with E-state index in [9.17, 15) is 4.79 Å². The molecule has 4 rings (SSSR count). The molecule has 1 saturated heterocycles. The van der Waals surface area contributed by atoms with E-state index in [1.165, 1.54) is 13.3 Å². The average molecular weight is 392 g/mol. The molecule has 0 atom stereocenters. The van der Waals surface area contributed by atoms with E-state index in [1.54, 1.807) is 36.7 Å². The Morgan fingerprint density at radius 2 is 1.69 bits per heavy atom. The summed E-state index contributed by atoms with van der Waals surface area (Å²) < 4.78 is 4.83. The largest absolute Gasteiger partial charge is 0.465 e. The van der Waals surface area contributed by atoms with Crippen molar-refractivity contribution in [3.8, 4) is 0 Å². The Kier molecular flexibility index (Phi) is 5.41. The van der Waals surface area contributed by atoms with E-state index >= 15 is 0 Å². The van der Waals surface area contributed by atoms with Gasteiger partial charge in [-0.1, -0.05) is 12.1 Å². The number of aromatic nitrogens is 5. The normalized spacial score (nSPS) is 13.8. The summed E-state index contributed by atoms with van der Waals surface area (Å²) in [5.41, 5.74) is 1.02. The molecule has 1 aliphatic rings. The molecule has 0 amide bonds. The molecular formula is C19H20N8O2. The van der Waals surface area contributed by atoms with E-state index in [1.807, 2.05) is 6.07 Å². The molecule has 1 fully saturated rings. The summed E-state index contributed by atoms with van der Waals surface area (Å²) in [5.74, 6) is 1.33. The number of ether oxygens (including phenoxy) is 1. The van der Waals surface area contributed by atoms with Crippen molar-refractivity contribution >= 4 is 29.4 Å². The average Bonchev–Trinajstić information content (AvgIpc) is 2.80. The van der Waals surface area contributed by atoms with Gasteiger partial charge in [0, 0.05) is 38.6 Å². The zero-order valence-electron chi connectivity index (χ0n) is 15.9. The van der Waals surface area contributed by atoms with Gasteiger partial charge < -0.3 is 19.9 Å². The lowest BCUT2D eigenvalue weighted by molar-refractivity contribution is 0.0602. The minimum atomic E-state index is -0.422. The number of nitrogens with zero attached hydrogens (tertiary/aromatic N) is 7. The Hall–Kier alpha value is -3.82. The second kappa shape index (κ2) is 8.46. The minimum Gasteiger partial charge on any atom is -0.465 e. The monoisotopic (exact) mass is 392 g/mol. The lowest BCUT2D eigenvalue weighted by atomic mass is 10.2. The lowest BCUT2D eigenvalue weighted by Gasteiger charge is -2.34. The van der Waals surface area contributed by atoms with Crippen LogP contribution in [0.25, 0.3) is 0 Å². The number of carbonyl (C=O) groups is 1.